The van der Waals surface area contributed by atoms with Crippen molar-refractivity contribution in [3.8, 4) is 5.75 Å². The number of anilines is 1. The van der Waals surface area contributed by atoms with Crippen LogP contribution in [0.15, 0.2) is 42.5 Å². The van der Waals surface area contributed by atoms with Crippen LogP contribution in [0.5, 0.6) is 5.75 Å². The SMILES string of the molecule is CCOc1cc(C2(C(=O)N(C)c3ccc4c(c3)cc(C(C)(C)C)n4C)CC2)ccc1C. The maximum atomic E-state index is 13.6. The van der Waals surface area contributed by atoms with Gasteiger partial charge in [-0.1, -0.05) is 32.9 Å². The molecule has 0 saturated heterocycles. The Morgan fingerprint density at radius 2 is 1.84 bits per heavy atom. The number of aryl methyl sites for hydroxylation is 2. The number of likely N-dealkylation sites (N-methyl/N-ethyl adjacent to an activating group) is 1. The van der Waals surface area contributed by atoms with Crippen molar-refractivity contribution < 1.29 is 9.53 Å². The number of hydrogen-bond acceptors (Lipinski definition) is 2. The first-order chi connectivity index (χ1) is 14.6. The van der Waals surface area contributed by atoms with Crippen molar-refractivity contribution in [2.45, 2.75) is 58.3 Å². The third-order valence-corrected chi connectivity index (χ3v) is 6.69. The van der Waals surface area contributed by atoms with Crippen LogP contribution in [0.2, 0.25) is 0 Å². The van der Waals surface area contributed by atoms with Gasteiger partial charge in [0.2, 0.25) is 5.91 Å². The van der Waals surface area contributed by atoms with Gasteiger partial charge in [0.15, 0.2) is 0 Å². The highest BCUT2D eigenvalue weighted by Crippen LogP contribution is 2.51. The Balaban J connectivity index is 1.66. The summed E-state index contributed by atoms with van der Waals surface area (Å²) < 4.78 is 8.04. The van der Waals surface area contributed by atoms with Gasteiger partial charge in [-0.3, -0.25) is 4.79 Å². The van der Waals surface area contributed by atoms with Crippen LogP contribution in [0.1, 0.15) is 57.4 Å². The molecule has 0 radical (unpaired) electrons. The van der Waals surface area contributed by atoms with Crippen LogP contribution in [-0.2, 0) is 22.7 Å². The first-order valence-corrected chi connectivity index (χ1v) is 11.2. The second kappa shape index (κ2) is 7.44. The fraction of sp³-hybridized carbons (Fsp3) is 0.444. The molecule has 1 heterocycles. The predicted octanol–water partition coefficient (Wildman–Crippen LogP) is 5.88. The van der Waals surface area contributed by atoms with Crippen molar-refractivity contribution in [2.24, 2.45) is 7.05 Å². The molecule has 1 aliphatic rings. The molecule has 1 fully saturated rings. The summed E-state index contributed by atoms with van der Waals surface area (Å²) in [6.07, 6.45) is 1.76. The highest BCUT2D eigenvalue weighted by molar-refractivity contribution is 6.04. The minimum atomic E-state index is -0.434. The van der Waals surface area contributed by atoms with Crippen molar-refractivity contribution in [3.63, 3.8) is 0 Å². The van der Waals surface area contributed by atoms with Gasteiger partial charge in [-0.2, -0.15) is 0 Å². The van der Waals surface area contributed by atoms with E-state index < -0.39 is 5.41 Å². The molecule has 2 aromatic carbocycles. The van der Waals surface area contributed by atoms with Crippen molar-refractivity contribution in [1.29, 1.82) is 0 Å². The van der Waals surface area contributed by atoms with E-state index in [9.17, 15) is 4.79 Å². The summed E-state index contributed by atoms with van der Waals surface area (Å²) in [4.78, 5) is 15.5. The molecular weight excluding hydrogens is 384 g/mol. The zero-order valence-electron chi connectivity index (χ0n) is 19.9. The molecule has 4 heteroatoms. The van der Waals surface area contributed by atoms with Gasteiger partial charge in [0.1, 0.15) is 5.75 Å². The Kier molecular flexibility index (Phi) is 5.15. The van der Waals surface area contributed by atoms with Crippen molar-refractivity contribution >= 4 is 22.5 Å². The van der Waals surface area contributed by atoms with Gasteiger partial charge in [-0.05, 0) is 68.1 Å². The number of hydrogen-bond donors (Lipinski definition) is 0. The standard InChI is InChI=1S/C27H34N2O2/c1-8-31-23-17-20(10-9-18(23)2)27(13-14-27)25(30)28(6)21-11-12-22-19(15-21)16-24(29(22)7)26(3,4)5/h9-12,15-17H,8,13-14H2,1-7H3. The molecule has 1 amide bonds. The van der Waals surface area contributed by atoms with Crippen molar-refractivity contribution in [3.05, 3.63) is 59.3 Å². The average Bonchev–Trinajstić information content (AvgIpc) is 3.46. The van der Waals surface area contributed by atoms with Gasteiger partial charge in [-0.15, -0.1) is 0 Å². The molecule has 0 unspecified atom stereocenters. The van der Waals surface area contributed by atoms with Crippen LogP contribution in [0.3, 0.4) is 0 Å². The van der Waals surface area contributed by atoms with Gasteiger partial charge in [-0.25, -0.2) is 0 Å². The summed E-state index contributed by atoms with van der Waals surface area (Å²) in [6.45, 7) is 11.3. The number of carbonyl (C=O) groups is 1. The lowest BCUT2D eigenvalue weighted by Crippen LogP contribution is -2.36. The molecule has 0 atom stereocenters. The second-order valence-corrected chi connectivity index (χ2v) is 9.94. The normalized spacial score (nSPS) is 15.2. The van der Waals surface area contributed by atoms with Crippen LogP contribution in [0, 0.1) is 6.92 Å². The van der Waals surface area contributed by atoms with E-state index in [1.54, 1.807) is 0 Å². The number of amides is 1. The van der Waals surface area contributed by atoms with Crippen molar-refractivity contribution in [2.75, 3.05) is 18.6 Å². The Labute approximate surface area is 185 Å². The molecule has 0 aliphatic heterocycles. The summed E-state index contributed by atoms with van der Waals surface area (Å²) in [5.41, 5.74) is 5.21. The number of ether oxygens (including phenoxy) is 1. The van der Waals surface area contributed by atoms with Crippen LogP contribution in [0.25, 0.3) is 10.9 Å². The molecule has 0 spiro atoms. The number of nitrogens with zero attached hydrogens (tertiary/aromatic N) is 2. The van der Waals surface area contributed by atoms with Gasteiger partial charge < -0.3 is 14.2 Å². The summed E-state index contributed by atoms with van der Waals surface area (Å²) in [7, 11) is 4.01. The number of fused-ring (bicyclic) bond motifs is 1. The fourth-order valence-electron chi connectivity index (χ4n) is 4.66. The minimum absolute atomic E-state index is 0.0669. The molecule has 1 saturated carbocycles. The zero-order chi connectivity index (χ0) is 22.6. The number of aromatic nitrogens is 1. The van der Waals surface area contributed by atoms with Gasteiger partial charge >= 0.3 is 0 Å². The minimum Gasteiger partial charge on any atom is -0.494 e. The third kappa shape index (κ3) is 3.62. The molecular formula is C27H34N2O2. The molecule has 164 valence electrons. The van der Waals surface area contributed by atoms with Gasteiger partial charge in [0.05, 0.1) is 12.0 Å². The summed E-state index contributed by atoms with van der Waals surface area (Å²) in [5.74, 6) is 1.03. The highest BCUT2D eigenvalue weighted by atomic mass is 16.5. The predicted molar refractivity (Wildman–Crippen MR) is 128 cm³/mol. The van der Waals surface area contributed by atoms with E-state index in [-0.39, 0.29) is 11.3 Å². The van der Waals surface area contributed by atoms with E-state index in [4.69, 9.17) is 4.74 Å². The van der Waals surface area contributed by atoms with Crippen LogP contribution in [0.4, 0.5) is 5.69 Å². The van der Waals surface area contributed by atoms with E-state index in [1.165, 1.54) is 16.6 Å². The van der Waals surface area contributed by atoms with E-state index >= 15 is 0 Å². The van der Waals surface area contributed by atoms with Gasteiger partial charge in [0, 0.05) is 41.8 Å². The zero-order valence-corrected chi connectivity index (χ0v) is 19.9. The first kappa shape index (κ1) is 21.5. The maximum Gasteiger partial charge on any atom is 0.237 e. The monoisotopic (exact) mass is 418 g/mol. The van der Waals surface area contributed by atoms with Gasteiger partial charge in [0.25, 0.3) is 0 Å². The van der Waals surface area contributed by atoms with Crippen LogP contribution < -0.4 is 9.64 Å². The molecule has 0 N–H and O–H groups in total. The lowest BCUT2D eigenvalue weighted by Gasteiger charge is -2.25. The second-order valence-electron chi connectivity index (χ2n) is 9.94. The number of carbonyl (C=O) groups excluding carboxylic acids is 1. The molecule has 4 rings (SSSR count). The maximum absolute atomic E-state index is 13.6. The average molecular weight is 419 g/mol. The highest BCUT2D eigenvalue weighted by Gasteiger charge is 2.53. The van der Waals surface area contributed by atoms with E-state index in [0.717, 1.165) is 35.4 Å². The lowest BCUT2D eigenvalue weighted by molar-refractivity contribution is -0.120. The summed E-state index contributed by atoms with van der Waals surface area (Å²) in [5, 5.41) is 1.17. The molecule has 31 heavy (non-hydrogen) atoms. The quantitative estimate of drug-likeness (QED) is 0.519. The Morgan fingerprint density at radius 1 is 1.13 bits per heavy atom. The van der Waals surface area contributed by atoms with Crippen molar-refractivity contribution in [1.82, 2.24) is 4.57 Å². The van der Waals surface area contributed by atoms with E-state index in [2.05, 4.69) is 74.9 Å². The fourth-order valence-corrected chi connectivity index (χ4v) is 4.66. The third-order valence-electron chi connectivity index (χ3n) is 6.69. The van der Waals surface area contributed by atoms with Crippen LogP contribution >= 0.6 is 0 Å². The molecule has 1 aliphatic carbocycles. The molecule has 1 aromatic heterocycles. The van der Waals surface area contributed by atoms with E-state index in [1.807, 2.05) is 25.8 Å². The molecule has 3 aromatic rings. The first-order valence-electron chi connectivity index (χ1n) is 11.2. The largest absolute Gasteiger partial charge is 0.494 e. The number of rotatable bonds is 5. The van der Waals surface area contributed by atoms with E-state index in [0.29, 0.717) is 6.61 Å². The Bertz CT molecular complexity index is 1150. The van der Waals surface area contributed by atoms with Crippen LogP contribution in [-0.4, -0.2) is 24.1 Å². The smallest absolute Gasteiger partial charge is 0.237 e. The lowest BCUT2D eigenvalue weighted by atomic mass is 9.92. The Hall–Kier alpha value is -2.75. The number of benzene rings is 2. The summed E-state index contributed by atoms with van der Waals surface area (Å²) in [6, 6.07) is 14.8. The Morgan fingerprint density at radius 3 is 2.45 bits per heavy atom. The molecule has 4 nitrogen and oxygen atoms in total. The topological polar surface area (TPSA) is 34.5 Å². The molecule has 0 bridgehead atoms. The summed E-state index contributed by atoms with van der Waals surface area (Å²) >= 11 is 0.